The minimum atomic E-state index is -3.12. The van der Waals surface area contributed by atoms with Crippen molar-refractivity contribution in [3.05, 3.63) is 81.3 Å². The minimum absolute atomic E-state index is 0.0261. The Bertz CT molecular complexity index is 1420. The zero-order valence-corrected chi connectivity index (χ0v) is 23.9. The molecule has 218 valence electrons. The molecule has 1 heterocycles. The first kappa shape index (κ1) is 30.4. The predicted octanol–water partition coefficient (Wildman–Crippen LogP) is 6.59. The summed E-state index contributed by atoms with van der Waals surface area (Å²) in [7, 11) is 3.02. The van der Waals surface area contributed by atoms with Crippen molar-refractivity contribution in [3.8, 4) is 17.2 Å². The average molecular weight is 610 g/mol. The molecule has 12 heteroatoms. The summed E-state index contributed by atoms with van der Waals surface area (Å²) in [4.78, 5) is 28.1. The second-order valence-corrected chi connectivity index (χ2v) is 9.67. The molecule has 0 N–H and O–H groups in total. The van der Waals surface area contributed by atoms with Crippen LogP contribution in [0.1, 0.15) is 36.1 Å². The number of esters is 1. The average Bonchev–Trinajstić information content (AvgIpc) is 3.04. The highest BCUT2D eigenvalue weighted by Gasteiger charge is 2.39. The van der Waals surface area contributed by atoms with E-state index in [2.05, 4.69) is 4.74 Å². The summed E-state index contributed by atoms with van der Waals surface area (Å²) in [5.41, 5.74) is 1.70. The minimum Gasteiger partial charge on any atom is -0.497 e. The van der Waals surface area contributed by atoms with E-state index in [1.165, 1.54) is 31.3 Å². The zero-order valence-electron chi connectivity index (χ0n) is 22.4. The van der Waals surface area contributed by atoms with Gasteiger partial charge in [-0.15, -0.1) is 0 Å². The summed E-state index contributed by atoms with van der Waals surface area (Å²) < 4.78 is 52.9. The highest BCUT2D eigenvalue weighted by atomic mass is 35.5. The van der Waals surface area contributed by atoms with Gasteiger partial charge in [0.25, 0.3) is 5.91 Å². The van der Waals surface area contributed by atoms with Crippen LogP contribution in [0.2, 0.25) is 10.0 Å². The second kappa shape index (κ2) is 13.4. The fourth-order valence-electron chi connectivity index (χ4n) is 4.55. The normalized spacial score (nSPS) is 16.7. The van der Waals surface area contributed by atoms with Crippen LogP contribution in [0, 0.1) is 0 Å². The highest BCUT2D eigenvalue weighted by Crippen LogP contribution is 2.45. The first-order valence-electron chi connectivity index (χ1n) is 12.5. The van der Waals surface area contributed by atoms with Gasteiger partial charge in [0.1, 0.15) is 29.5 Å². The summed E-state index contributed by atoms with van der Waals surface area (Å²) in [6.45, 7) is -1.35. The van der Waals surface area contributed by atoms with Gasteiger partial charge in [0.2, 0.25) is 0 Å². The monoisotopic (exact) mass is 609 g/mol. The van der Waals surface area contributed by atoms with Gasteiger partial charge >= 0.3 is 12.6 Å². The molecule has 1 amide bonds. The Morgan fingerprint density at radius 1 is 1.02 bits per heavy atom. The van der Waals surface area contributed by atoms with E-state index >= 15 is 0 Å². The number of hydrogen-bond acceptors (Lipinski definition) is 7. The van der Waals surface area contributed by atoms with E-state index in [4.69, 9.17) is 42.1 Å². The number of ether oxygens (including phenoxy) is 5. The van der Waals surface area contributed by atoms with Crippen LogP contribution in [-0.2, 0) is 25.6 Å². The van der Waals surface area contributed by atoms with Crippen LogP contribution in [0.5, 0.6) is 17.2 Å². The lowest BCUT2D eigenvalue weighted by Gasteiger charge is -2.26. The Balaban J connectivity index is 1.88. The maximum atomic E-state index is 14.1. The van der Waals surface area contributed by atoms with E-state index in [0.29, 0.717) is 33.3 Å². The standard InChI is InChI=1S/C29H27Cl2F2NO7/c1-4-39-25(35)14-24-28(36)34(15-16-8-10-18(37-2)13-23(16)38-3)21-11-9-17(30)12-20(21)27(40-24)19-6-5-7-22(26(19)31)41-29(32)33/h5-13,24,27,29H,4,14-15H2,1-3H3/t24-,27-/m1/s1. The summed E-state index contributed by atoms with van der Waals surface area (Å²) in [5, 5.41) is 0.183. The fraction of sp³-hybridized carbons (Fsp3) is 0.310. The lowest BCUT2D eigenvalue weighted by atomic mass is 9.98. The van der Waals surface area contributed by atoms with Crippen molar-refractivity contribution in [2.45, 2.75) is 38.7 Å². The molecule has 2 atom stereocenters. The Morgan fingerprint density at radius 3 is 2.49 bits per heavy atom. The summed E-state index contributed by atoms with van der Waals surface area (Å²) in [6, 6.07) is 14.3. The number of fused-ring (bicyclic) bond motifs is 1. The zero-order chi connectivity index (χ0) is 29.7. The smallest absolute Gasteiger partial charge is 0.387 e. The summed E-state index contributed by atoms with van der Waals surface area (Å²) in [5.74, 6) is -0.446. The van der Waals surface area contributed by atoms with E-state index in [-0.39, 0.29) is 29.5 Å². The van der Waals surface area contributed by atoms with Gasteiger partial charge < -0.3 is 28.6 Å². The third-order valence-corrected chi connectivity index (χ3v) is 7.02. The molecule has 0 saturated heterocycles. The molecular weight excluding hydrogens is 583 g/mol. The molecule has 0 bridgehead atoms. The van der Waals surface area contributed by atoms with Crippen molar-refractivity contribution in [1.82, 2.24) is 0 Å². The lowest BCUT2D eigenvalue weighted by Crippen LogP contribution is -2.40. The summed E-state index contributed by atoms with van der Waals surface area (Å²) >= 11 is 12.9. The van der Waals surface area contributed by atoms with Gasteiger partial charge in [-0.2, -0.15) is 8.78 Å². The summed E-state index contributed by atoms with van der Waals surface area (Å²) in [6.07, 6.45) is -2.83. The highest BCUT2D eigenvalue weighted by molar-refractivity contribution is 6.33. The molecule has 0 radical (unpaired) electrons. The molecule has 0 aromatic heterocycles. The number of nitrogens with zero attached hydrogens (tertiary/aromatic N) is 1. The molecule has 3 aromatic rings. The van der Waals surface area contributed by atoms with E-state index in [1.54, 1.807) is 49.4 Å². The number of methoxy groups -OCH3 is 2. The molecule has 1 aliphatic rings. The number of rotatable bonds is 10. The SMILES string of the molecule is CCOC(=O)C[C@H]1O[C@H](c2cccc(OC(F)F)c2Cl)c2cc(Cl)ccc2N(Cc2ccc(OC)cc2OC)C1=O. The molecule has 41 heavy (non-hydrogen) atoms. The van der Waals surface area contributed by atoms with E-state index in [9.17, 15) is 18.4 Å². The molecule has 0 unspecified atom stereocenters. The van der Waals surface area contributed by atoms with Gasteiger partial charge in [-0.25, -0.2) is 0 Å². The molecule has 1 aliphatic heterocycles. The van der Waals surface area contributed by atoms with Crippen molar-refractivity contribution in [2.24, 2.45) is 0 Å². The van der Waals surface area contributed by atoms with Crippen molar-refractivity contribution >= 4 is 40.8 Å². The van der Waals surface area contributed by atoms with Gasteiger partial charge in [0, 0.05) is 27.8 Å². The first-order valence-corrected chi connectivity index (χ1v) is 13.3. The van der Waals surface area contributed by atoms with Gasteiger partial charge in [-0.05, 0) is 43.3 Å². The molecule has 3 aromatic carbocycles. The van der Waals surface area contributed by atoms with E-state index in [1.807, 2.05) is 0 Å². The number of halogens is 4. The Kier molecular flexibility index (Phi) is 9.90. The Hall–Kier alpha value is -3.60. The second-order valence-electron chi connectivity index (χ2n) is 8.86. The van der Waals surface area contributed by atoms with Gasteiger partial charge in [0.05, 0.1) is 44.5 Å². The molecule has 4 rings (SSSR count). The number of alkyl halides is 2. The lowest BCUT2D eigenvalue weighted by molar-refractivity contribution is -0.151. The largest absolute Gasteiger partial charge is 0.497 e. The number of amides is 1. The molecule has 0 fully saturated rings. The van der Waals surface area contributed by atoms with Crippen molar-refractivity contribution < 1.29 is 42.1 Å². The van der Waals surface area contributed by atoms with Gasteiger partial charge in [0.15, 0.2) is 0 Å². The third-order valence-electron chi connectivity index (χ3n) is 6.38. The van der Waals surface area contributed by atoms with Crippen molar-refractivity contribution in [1.29, 1.82) is 0 Å². The van der Waals surface area contributed by atoms with Crippen LogP contribution in [-0.4, -0.2) is 45.4 Å². The maximum Gasteiger partial charge on any atom is 0.387 e. The van der Waals surface area contributed by atoms with E-state index in [0.717, 1.165) is 0 Å². The maximum absolute atomic E-state index is 14.1. The Labute approximate surface area is 245 Å². The number of carbonyl (C=O) groups excluding carboxylic acids is 2. The Morgan fingerprint density at radius 2 is 1.80 bits per heavy atom. The van der Waals surface area contributed by atoms with Gasteiger partial charge in [-0.1, -0.05) is 35.3 Å². The van der Waals surface area contributed by atoms with Crippen LogP contribution >= 0.6 is 23.2 Å². The van der Waals surface area contributed by atoms with Crippen LogP contribution in [0.4, 0.5) is 14.5 Å². The molecule has 0 aliphatic carbocycles. The molecule has 0 spiro atoms. The van der Waals surface area contributed by atoms with Crippen LogP contribution in [0.25, 0.3) is 0 Å². The molecule has 8 nitrogen and oxygen atoms in total. The molecule has 0 saturated carbocycles. The first-order chi connectivity index (χ1) is 19.7. The fourth-order valence-corrected chi connectivity index (χ4v) is 5.00. The number of carbonyl (C=O) groups is 2. The van der Waals surface area contributed by atoms with Crippen LogP contribution in [0.15, 0.2) is 54.6 Å². The number of anilines is 1. The third kappa shape index (κ3) is 6.83. The number of benzene rings is 3. The topological polar surface area (TPSA) is 83.5 Å². The van der Waals surface area contributed by atoms with Crippen LogP contribution in [0.3, 0.4) is 0 Å². The quantitative estimate of drug-likeness (QED) is 0.240. The molecular formula is C29H27Cl2F2NO7. The predicted molar refractivity (Wildman–Crippen MR) is 148 cm³/mol. The van der Waals surface area contributed by atoms with Crippen molar-refractivity contribution in [2.75, 3.05) is 25.7 Å². The van der Waals surface area contributed by atoms with E-state index < -0.39 is 37.1 Å². The van der Waals surface area contributed by atoms with Gasteiger partial charge in [-0.3, -0.25) is 9.59 Å². The number of hydrogen-bond donors (Lipinski definition) is 0. The van der Waals surface area contributed by atoms with Crippen molar-refractivity contribution in [3.63, 3.8) is 0 Å². The van der Waals surface area contributed by atoms with Crippen LogP contribution < -0.4 is 19.1 Å².